The minimum absolute atomic E-state index is 0.000736. The van der Waals surface area contributed by atoms with Gasteiger partial charge in [-0.1, -0.05) is 12.1 Å². The molecule has 2 aliphatic heterocycles. The molecule has 0 aliphatic carbocycles. The van der Waals surface area contributed by atoms with E-state index in [2.05, 4.69) is 45.8 Å². The van der Waals surface area contributed by atoms with E-state index in [1.165, 1.54) is 0 Å². The minimum Gasteiger partial charge on any atom is -0.319 e. The summed E-state index contributed by atoms with van der Waals surface area (Å²) in [6.07, 6.45) is 3.48. The number of rotatable bonds is 4. The molecule has 3 amide bonds. The monoisotopic (exact) mass is 437 g/mol. The lowest BCUT2D eigenvalue weighted by Crippen LogP contribution is -2.61. The normalized spacial score (nSPS) is 22.5. The van der Waals surface area contributed by atoms with Crippen LogP contribution in [0.2, 0.25) is 0 Å². The summed E-state index contributed by atoms with van der Waals surface area (Å²) in [6, 6.07) is 5.52. The Morgan fingerprint density at radius 2 is 2.06 bits per heavy atom. The van der Waals surface area contributed by atoms with Crippen molar-refractivity contribution in [3.05, 3.63) is 54.0 Å². The molecule has 1 fully saturated rings. The highest BCUT2D eigenvalue weighted by Crippen LogP contribution is 2.41. The first-order chi connectivity index (χ1) is 15.2. The van der Waals surface area contributed by atoms with Crippen molar-refractivity contribution in [2.75, 3.05) is 25.0 Å². The number of carbonyl (C=O) groups excluding carboxylic acids is 2. The summed E-state index contributed by atoms with van der Waals surface area (Å²) in [5.41, 5.74) is 1.41. The summed E-state index contributed by atoms with van der Waals surface area (Å²) < 4.78 is 0. The van der Waals surface area contributed by atoms with Gasteiger partial charge in [0.25, 0.3) is 5.91 Å². The van der Waals surface area contributed by atoms with Gasteiger partial charge >= 0.3 is 6.03 Å². The fraction of sp³-hybridized carbons (Fsp3) is 0.478. The topological polar surface area (TPSA) is 97.5 Å². The Kier molecular flexibility index (Phi) is 5.77. The van der Waals surface area contributed by atoms with Crippen LogP contribution in [0, 0.1) is 0 Å². The van der Waals surface area contributed by atoms with Gasteiger partial charge in [0.05, 0.1) is 17.8 Å². The fourth-order valence-electron chi connectivity index (χ4n) is 4.63. The highest BCUT2D eigenvalue weighted by atomic mass is 16.2. The highest BCUT2D eigenvalue weighted by Gasteiger charge is 2.46. The van der Waals surface area contributed by atoms with Crippen LogP contribution in [-0.2, 0) is 12.1 Å². The summed E-state index contributed by atoms with van der Waals surface area (Å²) >= 11 is 0. The SMILES string of the molecule is C=CCN1C[C@H](C)N(C(=O)N2Cc3c(NC(=O)c4ccccn4)n[nH]c3C2(C)C)C[C@H]1C. The third kappa shape index (κ3) is 3.77. The van der Waals surface area contributed by atoms with Gasteiger partial charge in [-0.05, 0) is 39.8 Å². The Morgan fingerprint density at radius 1 is 1.28 bits per heavy atom. The van der Waals surface area contributed by atoms with E-state index < -0.39 is 5.54 Å². The molecule has 0 bridgehead atoms. The first-order valence-corrected chi connectivity index (χ1v) is 11.0. The number of urea groups is 1. The Hall–Kier alpha value is -3.20. The summed E-state index contributed by atoms with van der Waals surface area (Å²) in [6.45, 7) is 14.7. The number of piperazine rings is 1. The Bertz CT molecular complexity index is 1020. The number of amides is 3. The van der Waals surface area contributed by atoms with Gasteiger partial charge in [0.15, 0.2) is 5.82 Å². The van der Waals surface area contributed by atoms with Gasteiger partial charge < -0.3 is 15.1 Å². The van der Waals surface area contributed by atoms with Crippen molar-refractivity contribution in [1.82, 2.24) is 29.9 Å². The second-order valence-electron chi connectivity index (χ2n) is 9.12. The minimum atomic E-state index is -0.575. The second kappa shape index (κ2) is 8.38. The van der Waals surface area contributed by atoms with Crippen LogP contribution in [0.4, 0.5) is 10.6 Å². The second-order valence-corrected chi connectivity index (χ2v) is 9.12. The number of anilines is 1. The van der Waals surface area contributed by atoms with Gasteiger partial charge in [0.1, 0.15) is 5.69 Å². The molecule has 2 N–H and O–H groups in total. The van der Waals surface area contributed by atoms with E-state index in [-0.39, 0.29) is 24.0 Å². The molecule has 9 heteroatoms. The molecule has 32 heavy (non-hydrogen) atoms. The van der Waals surface area contributed by atoms with Crippen LogP contribution >= 0.6 is 0 Å². The molecule has 0 unspecified atom stereocenters. The Balaban J connectivity index is 1.52. The lowest BCUT2D eigenvalue weighted by Gasteiger charge is -2.46. The number of hydrogen-bond donors (Lipinski definition) is 2. The van der Waals surface area contributed by atoms with Gasteiger partial charge in [0.2, 0.25) is 0 Å². The molecule has 0 aromatic carbocycles. The summed E-state index contributed by atoms with van der Waals surface area (Å²) in [5.74, 6) is 0.111. The lowest BCUT2D eigenvalue weighted by atomic mass is 10.0. The van der Waals surface area contributed by atoms with Gasteiger partial charge in [0, 0.05) is 43.5 Å². The average molecular weight is 438 g/mol. The molecule has 9 nitrogen and oxygen atoms in total. The molecule has 2 aliphatic rings. The van der Waals surface area contributed by atoms with E-state index in [1.54, 1.807) is 24.4 Å². The molecule has 0 saturated carbocycles. The Labute approximate surface area is 188 Å². The van der Waals surface area contributed by atoms with Crippen molar-refractivity contribution in [3.8, 4) is 0 Å². The van der Waals surface area contributed by atoms with Crippen molar-refractivity contribution < 1.29 is 9.59 Å². The molecule has 1 saturated heterocycles. The van der Waals surface area contributed by atoms with Crippen molar-refractivity contribution in [2.45, 2.75) is 51.9 Å². The van der Waals surface area contributed by atoms with Gasteiger partial charge in [-0.3, -0.25) is 19.8 Å². The highest BCUT2D eigenvalue weighted by molar-refractivity contribution is 6.02. The van der Waals surface area contributed by atoms with E-state index in [9.17, 15) is 9.59 Å². The van der Waals surface area contributed by atoms with E-state index in [0.717, 1.165) is 24.3 Å². The van der Waals surface area contributed by atoms with Crippen LogP contribution in [0.25, 0.3) is 0 Å². The van der Waals surface area contributed by atoms with Crippen molar-refractivity contribution in [3.63, 3.8) is 0 Å². The Morgan fingerprint density at radius 3 is 2.75 bits per heavy atom. The van der Waals surface area contributed by atoms with Gasteiger partial charge in [-0.2, -0.15) is 5.10 Å². The molecule has 2 atom stereocenters. The molecule has 4 rings (SSSR count). The number of pyridine rings is 1. The maximum atomic E-state index is 13.6. The van der Waals surface area contributed by atoms with Crippen molar-refractivity contribution >= 4 is 17.8 Å². The number of carbonyl (C=O) groups is 2. The van der Waals surface area contributed by atoms with Gasteiger partial charge in [-0.25, -0.2) is 4.79 Å². The van der Waals surface area contributed by atoms with Gasteiger partial charge in [-0.15, -0.1) is 6.58 Å². The van der Waals surface area contributed by atoms with Crippen LogP contribution in [0.1, 0.15) is 49.4 Å². The summed E-state index contributed by atoms with van der Waals surface area (Å²) in [7, 11) is 0. The molecule has 170 valence electrons. The smallest absolute Gasteiger partial charge is 0.319 e. The quantitative estimate of drug-likeness (QED) is 0.717. The number of nitrogens with one attached hydrogen (secondary N) is 2. The third-order valence-electron chi connectivity index (χ3n) is 6.55. The molecule has 0 radical (unpaired) electrons. The molecule has 0 spiro atoms. The van der Waals surface area contributed by atoms with Crippen LogP contribution in [0.5, 0.6) is 0 Å². The molecule has 4 heterocycles. The van der Waals surface area contributed by atoms with Crippen molar-refractivity contribution in [2.24, 2.45) is 0 Å². The summed E-state index contributed by atoms with van der Waals surface area (Å²) in [5, 5.41) is 10.2. The van der Waals surface area contributed by atoms with E-state index in [4.69, 9.17) is 0 Å². The van der Waals surface area contributed by atoms with Crippen LogP contribution < -0.4 is 5.32 Å². The standard InChI is InChI=1S/C23H31N7O2/c1-6-11-28-12-16(3)29(13-15(28)2)22(32)30-14-17-19(23(30,4)5)26-27-20(17)25-21(31)18-9-7-8-10-24-18/h6-10,15-16H,1,11-14H2,2-5H3,(H2,25,26,27,31)/t15-,16+/m1/s1. The number of hydrogen-bond acceptors (Lipinski definition) is 5. The predicted molar refractivity (Wildman–Crippen MR) is 122 cm³/mol. The third-order valence-corrected chi connectivity index (χ3v) is 6.55. The largest absolute Gasteiger partial charge is 0.321 e. The maximum Gasteiger partial charge on any atom is 0.321 e. The first kappa shape index (κ1) is 22.0. The fourth-order valence-corrected chi connectivity index (χ4v) is 4.63. The van der Waals surface area contributed by atoms with Crippen LogP contribution in [0.3, 0.4) is 0 Å². The van der Waals surface area contributed by atoms with E-state index in [1.807, 2.05) is 29.7 Å². The molecular weight excluding hydrogens is 406 g/mol. The predicted octanol–water partition coefficient (Wildman–Crippen LogP) is 2.81. The van der Waals surface area contributed by atoms with E-state index in [0.29, 0.717) is 24.6 Å². The van der Waals surface area contributed by atoms with Crippen LogP contribution in [0.15, 0.2) is 37.1 Å². The zero-order valence-corrected chi connectivity index (χ0v) is 19.1. The zero-order valence-electron chi connectivity index (χ0n) is 19.1. The average Bonchev–Trinajstić information content (AvgIpc) is 3.29. The first-order valence-electron chi connectivity index (χ1n) is 11.0. The number of aromatic amines is 1. The molecular formula is C23H31N7O2. The number of nitrogens with zero attached hydrogens (tertiary/aromatic N) is 5. The zero-order chi connectivity index (χ0) is 23.0. The number of H-pyrrole nitrogens is 1. The number of fused-ring (bicyclic) bond motifs is 1. The van der Waals surface area contributed by atoms with Crippen LogP contribution in [-0.4, -0.2) is 73.5 Å². The van der Waals surface area contributed by atoms with E-state index >= 15 is 0 Å². The summed E-state index contributed by atoms with van der Waals surface area (Å²) in [4.78, 5) is 36.5. The van der Waals surface area contributed by atoms with Crippen molar-refractivity contribution in [1.29, 1.82) is 0 Å². The lowest BCUT2D eigenvalue weighted by molar-refractivity contribution is 0.0399. The number of aromatic nitrogens is 3. The molecule has 2 aromatic rings. The molecule has 2 aromatic heterocycles. The maximum absolute atomic E-state index is 13.6.